The number of alkyl halides is 3. The first-order valence-electron chi connectivity index (χ1n) is 10.4. The number of sulfonamides is 1. The van der Waals surface area contributed by atoms with Crippen LogP contribution in [-0.4, -0.2) is 57.5 Å². The number of aromatic nitrogens is 2. The summed E-state index contributed by atoms with van der Waals surface area (Å²) >= 11 is 6.82. The summed E-state index contributed by atoms with van der Waals surface area (Å²) in [6.45, 7) is 1.32. The Hall–Kier alpha value is -3.18. The second-order valence-electron chi connectivity index (χ2n) is 7.83. The van der Waals surface area contributed by atoms with Crippen molar-refractivity contribution in [3.63, 3.8) is 0 Å². The SMILES string of the molecule is CCS(=O)(=O)NC(=O)CC1SC(=Nc2cc(-n3c(=O)cc(C(F)(F)F)n(C)c3=O)c(F)cc2Cl)N(C)C1=O. The number of benzene rings is 1. The van der Waals surface area contributed by atoms with Crippen molar-refractivity contribution in [2.24, 2.45) is 12.0 Å². The number of nitrogens with zero attached hydrogens (tertiary/aromatic N) is 4. The van der Waals surface area contributed by atoms with Crippen molar-refractivity contribution in [3.05, 3.63) is 55.6 Å². The monoisotopic (exact) mass is 599 g/mol. The van der Waals surface area contributed by atoms with Gasteiger partial charge in [-0.25, -0.2) is 27.2 Å². The van der Waals surface area contributed by atoms with Crippen LogP contribution in [0.15, 0.2) is 32.8 Å². The molecule has 0 aliphatic carbocycles. The third-order valence-corrected chi connectivity index (χ3v) is 8.07. The Morgan fingerprint density at radius 3 is 2.39 bits per heavy atom. The maximum Gasteiger partial charge on any atom is 0.431 e. The molecule has 1 aliphatic heterocycles. The van der Waals surface area contributed by atoms with E-state index < -0.39 is 68.1 Å². The molecule has 18 heteroatoms. The fraction of sp³-hybridized carbons (Fsp3) is 0.350. The normalized spacial score (nSPS) is 17.4. The molecule has 1 aromatic carbocycles. The summed E-state index contributed by atoms with van der Waals surface area (Å²) in [5.74, 6) is -3.10. The van der Waals surface area contributed by atoms with Crippen LogP contribution in [0.25, 0.3) is 5.69 Å². The summed E-state index contributed by atoms with van der Waals surface area (Å²) in [5, 5.41) is -1.43. The van der Waals surface area contributed by atoms with Crippen LogP contribution in [0.1, 0.15) is 19.0 Å². The molecule has 0 bridgehead atoms. The van der Waals surface area contributed by atoms with E-state index in [2.05, 4.69) is 4.99 Å². The van der Waals surface area contributed by atoms with Gasteiger partial charge in [0.05, 0.1) is 22.2 Å². The van der Waals surface area contributed by atoms with E-state index in [1.54, 1.807) is 0 Å². The average Bonchev–Trinajstić information content (AvgIpc) is 3.05. The largest absolute Gasteiger partial charge is 0.431 e. The first-order valence-corrected chi connectivity index (χ1v) is 13.3. The average molecular weight is 600 g/mol. The molecule has 1 N–H and O–H groups in total. The van der Waals surface area contributed by atoms with Crippen LogP contribution in [0.3, 0.4) is 0 Å². The molecule has 1 aromatic heterocycles. The molecule has 1 aliphatic rings. The van der Waals surface area contributed by atoms with Crippen molar-refractivity contribution in [2.75, 3.05) is 12.8 Å². The van der Waals surface area contributed by atoms with Gasteiger partial charge in [-0.3, -0.25) is 28.6 Å². The van der Waals surface area contributed by atoms with Gasteiger partial charge in [0.1, 0.15) is 16.8 Å². The molecule has 1 fully saturated rings. The molecular formula is C20H18ClF4N5O6S2. The van der Waals surface area contributed by atoms with E-state index in [0.29, 0.717) is 6.07 Å². The highest BCUT2D eigenvalue weighted by Crippen LogP contribution is 2.35. The van der Waals surface area contributed by atoms with E-state index in [1.807, 2.05) is 4.72 Å². The predicted octanol–water partition coefficient (Wildman–Crippen LogP) is 1.76. The van der Waals surface area contributed by atoms with Gasteiger partial charge in [0, 0.05) is 26.6 Å². The number of halogens is 5. The van der Waals surface area contributed by atoms with E-state index in [1.165, 1.54) is 14.0 Å². The highest BCUT2D eigenvalue weighted by Gasteiger charge is 2.38. The quantitative estimate of drug-likeness (QED) is 0.499. The van der Waals surface area contributed by atoms with Gasteiger partial charge in [-0.15, -0.1) is 0 Å². The first kappa shape index (κ1) is 29.4. The third-order valence-electron chi connectivity index (χ3n) is 5.24. The standard InChI is InChI=1S/C20H18ClF4N5O6S2/c1-4-38(35,36)27-15(31)7-13-17(33)29(3)18(37-13)26-11-6-12(10(22)5-9(11)21)30-16(32)8-14(20(23,24)25)28(2)19(30)34/h5-6,8,13H,4,7H2,1-3H3,(H,27,31). The Balaban J connectivity index is 2.02. The van der Waals surface area contributed by atoms with Crippen molar-refractivity contribution in [3.8, 4) is 5.69 Å². The topological polar surface area (TPSA) is 140 Å². The molecule has 206 valence electrons. The minimum atomic E-state index is -5.02. The maximum atomic E-state index is 14.7. The number of nitrogens with one attached hydrogen (secondary N) is 1. The van der Waals surface area contributed by atoms with Gasteiger partial charge in [-0.2, -0.15) is 13.2 Å². The Labute approximate surface area is 221 Å². The van der Waals surface area contributed by atoms with Crippen LogP contribution < -0.4 is 16.0 Å². The van der Waals surface area contributed by atoms with Gasteiger partial charge in [0.25, 0.3) is 5.56 Å². The zero-order valence-electron chi connectivity index (χ0n) is 19.7. The lowest BCUT2D eigenvalue weighted by Crippen LogP contribution is -2.41. The summed E-state index contributed by atoms with van der Waals surface area (Å²) in [7, 11) is -1.80. The number of aliphatic imine (C=N–C) groups is 1. The second kappa shape index (κ2) is 10.5. The van der Waals surface area contributed by atoms with E-state index >= 15 is 0 Å². The van der Waals surface area contributed by atoms with E-state index in [0.717, 1.165) is 29.8 Å². The van der Waals surface area contributed by atoms with E-state index in [9.17, 15) is 45.2 Å². The molecule has 38 heavy (non-hydrogen) atoms. The van der Waals surface area contributed by atoms with Gasteiger partial charge in [0.2, 0.25) is 21.8 Å². The molecule has 0 saturated carbocycles. The lowest BCUT2D eigenvalue weighted by atomic mass is 10.2. The second-order valence-corrected chi connectivity index (χ2v) is 11.4. The van der Waals surface area contributed by atoms with Gasteiger partial charge in [-0.1, -0.05) is 23.4 Å². The maximum absolute atomic E-state index is 14.7. The Morgan fingerprint density at radius 2 is 1.82 bits per heavy atom. The molecule has 1 unspecified atom stereocenters. The van der Waals surface area contributed by atoms with Gasteiger partial charge in [-0.05, 0) is 19.1 Å². The zero-order valence-corrected chi connectivity index (χ0v) is 22.1. The predicted molar refractivity (Wildman–Crippen MR) is 131 cm³/mol. The summed E-state index contributed by atoms with van der Waals surface area (Å²) < 4.78 is 79.4. The van der Waals surface area contributed by atoms with Crippen LogP contribution in [-0.2, 0) is 32.8 Å². The molecule has 1 saturated heterocycles. The van der Waals surface area contributed by atoms with Gasteiger partial charge < -0.3 is 0 Å². The molecule has 3 rings (SSSR count). The smallest absolute Gasteiger partial charge is 0.293 e. The fourth-order valence-corrected chi connectivity index (χ4v) is 5.17. The van der Waals surface area contributed by atoms with Crippen molar-refractivity contribution in [1.82, 2.24) is 18.8 Å². The minimum absolute atomic E-state index is 0.0433. The summed E-state index contributed by atoms with van der Waals surface area (Å²) in [6.07, 6.45) is -5.53. The Morgan fingerprint density at radius 1 is 1.18 bits per heavy atom. The number of hydrogen-bond donors (Lipinski definition) is 1. The molecule has 2 heterocycles. The molecule has 2 amide bonds. The van der Waals surface area contributed by atoms with Crippen molar-refractivity contribution < 1.29 is 35.6 Å². The van der Waals surface area contributed by atoms with E-state index in [4.69, 9.17) is 11.6 Å². The minimum Gasteiger partial charge on any atom is -0.293 e. The Bertz CT molecular complexity index is 1590. The van der Waals surface area contributed by atoms with E-state index in [-0.39, 0.29) is 36.8 Å². The molecule has 2 aromatic rings. The number of carbonyl (C=O) groups excluding carboxylic acids is 2. The van der Waals surface area contributed by atoms with Crippen LogP contribution in [0, 0.1) is 5.82 Å². The van der Waals surface area contributed by atoms with Gasteiger partial charge >= 0.3 is 11.9 Å². The number of rotatable bonds is 6. The van der Waals surface area contributed by atoms with Crippen molar-refractivity contribution in [1.29, 1.82) is 0 Å². The Kier molecular flexibility index (Phi) is 8.14. The molecule has 11 nitrogen and oxygen atoms in total. The molecule has 0 radical (unpaired) electrons. The lowest BCUT2D eigenvalue weighted by Gasteiger charge is -2.15. The third kappa shape index (κ3) is 5.94. The first-order chi connectivity index (χ1) is 17.5. The van der Waals surface area contributed by atoms with Gasteiger partial charge in [0.15, 0.2) is 5.17 Å². The van der Waals surface area contributed by atoms with Crippen molar-refractivity contribution >= 4 is 56.1 Å². The number of amides is 2. The van der Waals surface area contributed by atoms with Crippen LogP contribution >= 0.6 is 23.4 Å². The highest BCUT2D eigenvalue weighted by molar-refractivity contribution is 8.15. The fourth-order valence-electron chi connectivity index (χ4n) is 3.26. The van der Waals surface area contributed by atoms with Crippen LogP contribution in [0.4, 0.5) is 23.2 Å². The molecular weight excluding hydrogens is 582 g/mol. The highest BCUT2D eigenvalue weighted by atomic mass is 35.5. The lowest BCUT2D eigenvalue weighted by molar-refractivity contribution is -0.144. The number of amidine groups is 1. The molecule has 1 atom stereocenters. The zero-order chi connectivity index (χ0) is 28.7. The van der Waals surface area contributed by atoms with Crippen LogP contribution in [0.5, 0.6) is 0 Å². The molecule has 0 spiro atoms. The number of thioether (sulfide) groups is 1. The van der Waals surface area contributed by atoms with Crippen LogP contribution in [0.2, 0.25) is 5.02 Å². The number of hydrogen-bond acceptors (Lipinski definition) is 8. The summed E-state index contributed by atoms with van der Waals surface area (Å²) in [6, 6.07) is 1.66. The number of carbonyl (C=O) groups is 2. The summed E-state index contributed by atoms with van der Waals surface area (Å²) in [5.41, 5.74) is -5.48. The summed E-state index contributed by atoms with van der Waals surface area (Å²) in [4.78, 5) is 54.7. The van der Waals surface area contributed by atoms with Crippen molar-refractivity contribution in [2.45, 2.75) is 24.8 Å².